The zero-order valence-electron chi connectivity index (χ0n) is 10.8. The van der Waals surface area contributed by atoms with Crippen molar-refractivity contribution in [3.05, 3.63) is 28.2 Å². The third kappa shape index (κ3) is 4.24. The van der Waals surface area contributed by atoms with E-state index in [4.69, 9.17) is 9.84 Å². The molecule has 1 atom stereocenters. The molecule has 5 nitrogen and oxygen atoms in total. The second-order valence-corrected chi connectivity index (χ2v) is 4.91. The van der Waals surface area contributed by atoms with Crippen LogP contribution in [0.25, 0.3) is 0 Å². The van der Waals surface area contributed by atoms with Gasteiger partial charge < -0.3 is 15.2 Å². The van der Waals surface area contributed by atoms with Crippen LogP contribution in [-0.4, -0.2) is 30.1 Å². The topological polar surface area (TPSA) is 75.6 Å². The normalized spacial score (nSPS) is 11.7. The predicted octanol–water partition coefficient (Wildman–Crippen LogP) is 2.44. The summed E-state index contributed by atoms with van der Waals surface area (Å²) < 4.78 is 5.89. The number of carboxylic acids is 1. The summed E-state index contributed by atoms with van der Waals surface area (Å²) in [6.07, 6.45) is 1.06. The average molecular weight is 330 g/mol. The van der Waals surface area contributed by atoms with Crippen LogP contribution in [0, 0.1) is 0 Å². The highest BCUT2D eigenvalue weighted by Crippen LogP contribution is 2.23. The van der Waals surface area contributed by atoms with Crippen LogP contribution < -0.4 is 10.1 Å². The molecule has 1 amide bonds. The van der Waals surface area contributed by atoms with Crippen molar-refractivity contribution in [1.82, 2.24) is 5.32 Å². The lowest BCUT2D eigenvalue weighted by atomic mass is 10.1. The number of carbonyl (C=O) groups is 2. The Labute approximate surface area is 120 Å². The standard InChI is InChI=1S/C13H16BrNO4/c1-3-4-10(13(17)18)15-12(16)9-6-5-8(14)7-11(9)19-2/h5-7,10H,3-4H2,1-2H3,(H,15,16)(H,17,18)/t10-/m0/s1. The molecule has 0 heterocycles. The van der Waals surface area contributed by atoms with Gasteiger partial charge in [-0.15, -0.1) is 0 Å². The third-order valence-corrected chi connectivity index (χ3v) is 3.08. The molecule has 0 aliphatic heterocycles. The van der Waals surface area contributed by atoms with Crippen LogP contribution in [0.15, 0.2) is 22.7 Å². The number of hydrogen-bond donors (Lipinski definition) is 2. The van der Waals surface area contributed by atoms with E-state index in [0.717, 1.165) is 4.47 Å². The minimum Gasteiger partial charge on any atom is -0.496 e. The first-order chi connectivity index (χ1) is 8.99. The van der Waals surface area contributed by atoms with Gasteiger partial charge in [0.1, 0.15) is 11.8 Å². The van der Waals surface area contributed by atoms with Crippen molar-refractivity contribution in [1.29, 1.82) is 0 Å². The summed E-state index contributed by atoms with van der Waals surface area (Å²) in [7, 11) is 1.46. The van der Waals surface area contributed by atoms with Gasteiger partial charge in [0.2, 0.25) is 0 Å². The summed E-state index contributed by atoms with van der Waals surface area (Å²) in [5.74, 6) is -1.09. The summed E-state index contributed by atoms with van der Waals surface area (Å²) in [6, 6.07) is 4.06. The van der Waals surface area contributed by atoms with Gasteiger partial charge in [0.15, 0.2) is 0 Å². The summed E-state index contributed by atoms with van der Waals surface area (Å²) in [4.78, 5) is 23.1. The highest BCUT2D eigenvalue weighted by molar-refractivity contribution is 9.10. The zero-order valence-corrected chi connectivity index (χ0v) is 12.4. The molecule has 19 heavy (non-hydrogen) atoms. The number of aliphatic carboxylic acids is 1. The van der Waals surface area contributed by atoms with Crippen molar-refractivity contribution in [3.63, 3.8) is 0 Å². The smallest absolute Gasteiger partial charge is 0.326 e. The van der Waals surface area contributed by atoms with E-state index in [1.165, 1.54) is 7.11 Å². The van der Waals surface area contributed by atoms with E-state index in [0.29, 0.717) is 24.2 Å². The summed E-state index contributed by atoms with van der Waals surface area (Å²) in [6.45, 7) is 1.86. The number of rotatable bonds is 6. The number of nitrogens with one attached hydrogen (secondary N) is 1. The molecule has 0 bridgehead atoms. The largest absolute Gasteiger partial charge is 0.496 e. The molecule has 0 unspecified atom stereocenters. The molecule has 104 valence electrons. The molecule has 0 aliphatic carbocycles. The molecular weight excluding hydrogens is 314 g/mol. The van der Waals surface area contributed by atoms with Crippen molar-refractivity contribution < 1.29 is 19.4 Å². The molecule has 0 saturated heterocycles. The Morgan fingerprint density at radius 1 is 1.47 bits per heavy atom. The van der Waals surface area contributed by atoms with Crippen molar-refractivity contribution in [2.24, 2.45) is 0 Å². The lowest BCUT2D eigenvalue weighted by Crippen LogP contribution is -2.40. The van der Waals surface area contributed by atoms with Crippen molar-refractivity contribution in [2.45, 2.75) is 25.8 Å². The predicted molar refractivity (Wildman–Crippen MR) is 74.5 cm³/mol. The molecule has 0 radical (unpaired) electrons. The Balaban J connectivity index is 2.91. The van der Waals surface area contributed by atoms with Gasteiger partial charge in [-0.05, 0) is 24.6 Å². The van der Waals surface area contributed by atoms with Crippen LogP contribution in [0.4, 0.5) is 0 Å². The van der Waals surface area contributed by atoms with Gasteiger partial charge >= 0.3 is 5.97 Å². The first-order valence-corrected chi connectivity index (χ1v) is 6.66. The monoisotopic (exact) mass is 329 g/mol. The Kier molecular flexibility index (Phi) is 5.82. The van der Waals surface area contributed by atoms with Crippen LogP contribution in [0.2, 0.25) is 0 Å². The van der Waals surface area contributed by atoms with E-state index >= 15 is 0 Å². The first-order valence-electron chi connectivity index (χ1n) is 5.86. The van der Waals surface area contributed by atoms with E-state index in [9.17, 15) is 9.59 Å². The third-order valence-electron chi connectivity index (χ3n) is 2.59. The van der Waals surface area contributed by atoms with Gasteiger partial charge in [-0.25, -0.2) is 4.79 Å². The summed E-state index contributed by atoms with van der Waals surface area (Å²) in [5.41, 5.74) is 0.313. The van der Waals surface area contributed by atoms with Gasteiger partial charge in [0.25, 0.3) is 5.91 Å². The van der Waals surface area contributed by atoms with Crippen LogP contribution in [0.3, 0.4) is 0 Å². The van der Waals surface area contributed by atoms with Crippen LogP contribution >= 0.6 is 15.9 Å². The van der Waals surface area contributed by atoms with Crippen LogP contribution in [-0.2, 0) is 4.79 Å². The lowest BCUT2D eigenvalue weighted by molar-refractivity contribution is -0.139. The molecule has 6 heteroatoms. The number of carboxylic acid groups (broad SMARTS) is 1. The summed E-state index contributed by atoms with van der Waals surface area (Å²) >= 11 is 3.28. The maximum Gasteiger partial charge on any atom is 0.326 e. The highest BCUT2D eigenvalue weighted by Gasteiger charge is 2.21. The fraction of sp³-hybridized carbons (Fsp3) is 0.385. The maximum atomic E-state index is 12.1. The number of methoxy groups -OCH3 is 1. The average Bonchev–Trinajstić information content (AvgIpc) is 2.37. The van der Waals surface area contributed by atoms with Gasteiger partial charge in [0, 0.05) is 4.47 Å². The number of halogens is 1. The highest BCUT2D eigenvalue weighted by atomic mass is 79.9. The number of amides is 1. The second kappa shape index (κ2) is 7.13. The molecule has 0 saturated carbocycles. The fourth-order valence-corrected chi connectivity index (χ4v) is 1.97. The van der Waals surface area contributed by atoms with Gasteiger partial charge in [0.05, 0.1) is 12.7 Å². The van der Waals surface area contributed by atoms with Crippen molar-refractivity contribution >= 4 is 27.8 Å². The number of benzene rings is 1. The van der Waals surface area contributed by atoms with Gasteiger partial charge in [-0.1, -0.05) is 29.3 Å². The van der Waals surface area contributed by atoms with Crippen molar-refractivity contribution in [3.8, 4) is 5.75 Å². The van der Waals surface area contributed by atoms with E-state index in [-0.39, 0.29) is 0 Å². The molecular formula is C13H16BrNO4. The van der Waals surface area contributed by atoms with Gasteiger partial charge in [-0.3, -0.25) is 4.79 Å². The molecule has 0 aliphatic rings. The quantitative estimate of drug-likeness (QED) is 0.840. The summed E-state index contributed by atoms with van der Waals surface area (Å²) in [5, 5.41) is 11.5. The Hall–Kier alpha value is -1.56. The molecule has 0 fully saturated rings. The lowest BCUT2D eigenvalue weighted by Gasteiger charge is -2.15. The van der Waals surface area contributed by atoms with Crippen LogP contribution in [0.1, 0.15) is 30.1 Å². The number of ether oxygens (including phenoxy) is 1. The zero-order chi connectivity index (χ0) is 14.4. The van der Waals surface area contributed by atoms with E-state index < -0.39 is 17.9 Å². The maximum absolute atomic E-state index is 12.1. The van der Waals surface area contributed by atoms with E-state index in [1.54, 1.807) is 18.2 Å². The molecule has 0 spiro atoms. The van der Waals surface area contributed by atoms with Crippen LogP contribution in [0.5, 0.6) is 5.75 Å². The SMILES string of the molecule is CCC[C@H](NC(=O)c1ccc(Br)cc1OC)C(=O)O. The molecule has 1 aromatic carbocycles. The second-order valence-electron chi connectivity index (χ2n) is 4.00. The molecule has 1 rings (SSSR count). The molecule has 2 N–H and O–H groups in total. The van der Waals surface area contributed by atoms with E-state index in [2.05, 4.69) is 21.2 Å². The minimum atomic E-state index is -1.04. The molecule has 0 aromatic heterocycles. The number of carbonyl (C=O) groups excluding carboxylic acids is 1. The van der Waals surface area contributed by atoms with Gasteiger partial charge in [-0.2, -0.15) is 0 Å². The Morgan fingerprint density at radius 2 is 2.16 bits per heavy atom. The van der Waals surface area contributed by atoms with E-state index in [1.807, 2.05) is 6.92 Å². The van der Waals surface area contributed by atoms with Crippen molar-refractivity contribution in [2.75, 3.05) is 7.11 Å². The first kappa shape index (κ1) is 15.5. The minimum absolute atomic E-state index is 0.313. The number of hydrogen-bond acceptors (Lipinski definition) is 3. The Morgan fingerprint density at radius 3 is 2.68 bits per heavy atom. The fourth-order valence-electron chi connectivity index (χ4n) is 1.63. The molecule has 1 aromatic rings. The Bertz CT molecular complexity index is 476.